The van der Waals surface area contributed by atoms with Crippen LogP contribution in [0.3, 0.4) is 0 Å². The van der Waals surface area contributed by atoms with Crippen molar-refractivity contribution in [2.24, 2.45) is 0 Å². The zero-order chi connectivity index (χ0) is 61.4. The molecule has 0 saturated carbocycles. The number of carbonyl (C=O) groups excluding carboxylic acids is 6. The van der Waals surface area contributed by atoms with Gasteiger partial charge in [0.25, 0.3) is 32.1 Å². The van der Waals surface area contributed by atoms with Gasteiger partial charge < -0.3 is 29.3 Å². The van der Waals surface area contributed by atoms with Gasteiger partial charge in [0.2, 0.25) is 17.7 Å². The first kappa shape index (κ1) is 62.6. The summed E-state index contributed by atoms with van der Waals surface area (Å²) in [5, 5.41) is -0.428. The Labute approximate surface area is 512 Å². The molecule has 10 rings (SSSR count). The van der Waals surface area contributed by atoms with E-state index in [0.717, 1.165) is 40.1 Å². The fourth-order valence-corrected chi connectivity index (χ4v) is 17.5. The van der Waals surface area contributed by atoms with Crippen LogP contribution in [0.25, 0.3) is 0 Å². The Kier molecular flexibility index (Phi) is 18.7. The van der Waals surface area contributed by atoms with Crippen molar-refractivity contribution >= 4 is 106 Å². The van der Waals surface area contributed by atoms with Gasteiger partial charge in [0.15, 0.2) is 17.3 Å². The zero-order valence-corrected chi connectivity index (χ0v) is 52.3. The molecule has 5 heterocycles. The van der Waals surface area contributed by atoms with E-state index in [2.05, 4.69) is 11.4 Å². The van der Waals surface area contributed by atoms with Gasteiger partial charge in [-0.05, 0) is 172 Å². The van der Waals surface area contributed by atoms with Crippen molar-refractivity contribution in [2.75, 3.05) is 40.8 Å². The molecule has 0 spiro atoms. The SMILES string of the molecule is COc1cc2c(cc1OCc1cc(COc3cc4c(cc3C)C(=O)N3c5ccccc5CC3C(S(=O)(=O)O)C4)cc(NC(=O)CCC(C)(C)SSCCC(C(=O)CCCN3C(=O)CC(SC)C3=O)S(=O)(=O)O)c1)CCC1Cc3ccccc3N1C2=O. The van der Waals surface area contributed by atoms with Crippen molar-refractivity contribution in [2.45, 2.75) is 137 Å². The van der Waals surface area contributed by atoms with E-state index in [1.165, 1.54) is 45.4 Å². The van der Waals surface area contributed by atoms with Crippen molar-refractivity contribution in [3.05, 3.63) is 141 Å². The van der Waals surface area contributed by atoms with Crippen molar-refractivity contribution in [3.63, 3.8) is 0 Å². The third-order valence-corrected chi connectivity index (χ3v) is 23.4. The second-order valence-electron chi connectivity index (χ2n) is 23.0. The minimum absolute atomic E-state index is 0.00398. The third kappa shape index (κ3) is 13.7. The number of nitrogens with zero attached hydrogens (tertiary/aromatic N) is 3. The topological polar surface area (TPSA) is 261 Å². The number of carbonyl (C=O) groups is 6. The molecule has 5 aliphatic heterocycles. The average molecular weight is 1270 g/mol. The molecule has 1 saturated heterocycles. The molecule has 5 unspecified atom stereocenters. The molecule has 0 bridgehead atoms. The number of ketones is 1. The van der Waals surface area contributed by atoms with Crippen LogP contribution in [0, 0.1) is 6.92 Å². The third-order valence-electron chi connectivity index (χ3n) is 16.6. The van der Waals surface area contributed by atoms with Crippen molar-refractivity contribution < 1.29 is 68.9 Å². The molecule has 456 valence electrons. The van der Waals surface area contributed by atoms with Crippen molar-refractivity contribution in [1.82, 2.24) is 4.90 Å². The van der Waals surface area contributed by atoms with Gasteiger partial charge in [-0.3, -0.25) is 42.8 Å². The number of imide groups is 1. The van der Waals surface area contributed by atoms with Crippen LogP contribution in [0.15, 0.2) is 91.0 Å². The molecule has 5 aromatic carbocycles. The van der Waals surface area contributed by atoms with Gasteiger partial charge in [-0.15, -0.1) is 0 Å². The number of para-hydroxylation sites is 2. The highest BCUT2D eigenvalue weighted by Gasteiger charge is 2.47. The minimum Gasteiger partial charge on any atom is -0.493 e. The molecule has 5 atom stereocenters. The summed E-state index contributed by atoms with van der Waals surface area (Å²) in [4.78, 5) is 84.8. The van der Waals surface area contributed by atoms with Crippen LogP contribution in [0.1, 0.15) is 118 Å². The maximum Gasteiger partial charge on any atom is 0.275 e. The summed E-state index contributed by atoms with van der Waals surface area (Å²) in [7, 11) is -5.16. The van der Waals surface area contributed by atoms with Crippen LogP contribution in [0.5, 0.6) is 17.2 Å². The van der Waals surface area contributed by atoms with E-state index in [9.17, 15) is 54.7 Å². The molecular formula is C62H68N4O15S5. The van der Waals surface area contributed by atoms with Gasteiger partial charge in [-0.25, -0.2) is 0 Å². The lowest BCUT2D eigenvalue weighted by Gasteiger charge is -2.27. The number of likely N-dealkylation sites (tertiary alicyclic amines) is 1. The maximum atomic E-state index is 14.3. The molecule has 0 aromatic heterocycles. The van der Waals surface area contributed by atoms with E-state index in [1.54, 1.807) is 55.6 Å². The first-order chi connectivity index (χ1) is 40.9. The quantitative estimate of drug-likeness (QED) is 0.0225. The van der Waals surface area contributed by atoms with Gasteiger partial charge in [0.05, 0.1) is 18.4 Å². The molecule has 0 aliphatic carbocycles. The molecule has 5 amide bonds. The Morgan fingerprint density at radius 1 is 0.756 bits per heavy atom. The number of rotatable bonds is 24. The van der Waals surface area contributed by atoms with Crippen molar-refractivity contribution in [3.8, 4) is 17.2 Å². The summed E-state index contributed by atoms with van der Waals surface area (Å²) in [6, 6.07) is 26.7. The van der Waals surface area contributed by atoms with Crippen molar-refractivity contribution in [1.29, 1.82) is 0 Å². The van der Waals surface area contributed by atoms with Gasteiger partial charge in [0.1, 0.15) is 29.5 Å². The Morgan fingerprint density at radius 3 is 2.06 bits per heavy atom. The predicted octanol–water partition coefficient (Wildman–Crippen LogP) is 9.43. The van der Waals surface area contributed by atoms with Crippen LogP contribution in [0.4, 0.5) is 17.1 Å². The van der Waals surface area contributed by atoms with Crippen LogP contribution in [0.2, 0.25) is 0 Å². The van der Waals surface area contributed by atoms with E-state index in [-0.39, 0.29) is 106 Å². The first-order valence-electron chi connectivity index (χ1n) is 28.4. The molecule has 5 aromatic rings. The number of fused-ring (bicyclic) bond motifs is 8. The number of nitrogens with one attached hydrogen (secondary N) is 1. The Balaban J connectivity index is 0.828. The molecule has 0 radical (unpaired) electrons. The summed E-state index contributed by atoms with van der Waals surface area (Å²) in [6.07, 6.45) is 4.21. The largest absolute Gasteiger partial charge is 0.493 e. The van der Waals surface area contributed by atoms with Gasteiger partial charge >= 0.3 is 0 Å². The number of thioether (sulfide) groups is 1. The lowest BCUT2D eigenvalue weighted by molar-refractivity contribution is -0.138. The zero-order valence-electron chi connectivity index (χ0n) is 48.2. The Hall–Kier alpha value is -6.41. The van der Waals surface area contributed by atoms with E-state index >= 15 is 0 Å². The molecule has 19 nitrogen and oxygen atoms in total. The number of aryl methyl sites for hydroxylation is 2. The maximum absolute atomic E-state index is 14.3. The summed E-state index contributed by atoms with van der Waals surface area (Å²) < 4.78 is 89.7. The second kappa shape index (κ2) is 25.7. The number of Topliss-reactive ketones (excluding diaryl/α,β-unsaturated/α-hetero) is 1. The Bertz CT molecular complexity index is 3760. The van der Waals surface area contributed by atoms with Crippen LogP contribution in [-0.2, 0) is 78.3 Å². The van der Waals surface area contributed by atoms with Crippen LogP contribution in [-0.4, -0.2) is 124 Å². The number of methoxy groups -OCH3 is 1. The molecule has 86 heavy (non-hydrogen) atoms. The lowest BCUT2D eigenvalue weighted by atomic mass is 9.97. The fraction of sp³-hybridized carbons (Fsp3) is 0.419. The molecular weight excluding hydrogens is 1200 g/mol. The van der Waals surface area contributed by atoms with Gasteiger partial charge in [0, 0.05) is 70.5 Å². The highest BCUT2D eigenvalue weighted by atomic mass is 33.1. The fourth-order valence-electron chi connectivity index (χ4n) is 12.2. The summed E-state index contributed by atoms with van der Waals surface area (Å²) >= 11 is 1.27. The van der Waals surface area contributed by atoms with Gasteiger partial charge in [-0.1, -0.05) is 58.0 Å². The monoisotopic (exact) mass is 1270 g/mol. The number of anilines is 3. The first-order valence-corrected chi connectivity index (χ1v) is 35.0. The van der Waals surface area contributed by atoms with E-state index < -0.39 is 52.6 Å². The molecule has 3 N–H and O–H groups in total. The van der Waals surface area contributed by atoms with Gasteiger partial charge in [-0.2, -0.15) is 28.6 Å². The van der Waals surface area contributed by atoms with Crippen LogP contribution >= 0.6 is 33.3 Å². The summed E-state index contributed by atoms with van der Waals surface area (Å²) in [5.41, 5.74) is 7.84. The number of ether oxygens (including phenoxy) is 3. The number of benzene rings is 5. The Morgan fingerprint density at radius 2 is 1.40 bits per heavy atom. The average Bonchev–Trinajstić information content (AvgIpc) is 1.94. The normalized spacial score (nSPS) is 19.4. The van der Waals surface area contributed by atoms with E-state index in [1.807, 2.05) is 61.2 Å². The standard InChI is InChI=1S/C62H68N4O15S5/c1-36-23-45-42(31-56(86(76,77)78)49-28-41-12-7-9-14-48(41)66(49)60(45)71)30-51(36)80-34-37-24-38(35-81-53-29-39-16-17-44-27-40-11-6-8-13-47(40)65(44)59(70)46(39)32-52(53)79-4)26-43(25-37)63-57(68)18-20-62(2,3)84-83-22-19-55(85(73,74)75)50(67)15-10-21-64-58(69)33-54(82-5)61(64)72/h6-9,11-14,23-26,29-30,32,44,49,54-56H,10,15-22,27-28,31,33-35H2,1-5H3,(H,63,68)(H,73,74,75)(H,76,77,78). The molecule has 5 aliphatic rings. The summed E-state index contributed by atoms with van der Waals surface area (Å²) in [6.45, 7) is 5.59. The second-order valence-corrected chi connectivity index (χ2v) is 30.4. The lowest BCUT2D eigenvalue weighted by Crippen LogP contribution is -2.47. The summed E-state index contributed by atoms with van der Waals surface area (Å²) in [5.74, 6) is -0.824. The molecule has 1 fully saturated rings. The molecule has 24 heteroatoms. The van der Waals surface area contributed by atoms with E-state index in [0.29, 0.717) is 74.8 Å². The van der Waals surface area contributed by atoms with E-state index in [4.69, 9.17) is 14.2 Å². The predicted molar refractivity (Wildman–Crippen MR) is 333 cm³/mol. The number of hydrogen-bond acceptors (Lipinski definition) is 16. The number of amides is 5. The highest BCUT2D eigenvalue weighted by molar-refractivity contribution is 8.77. The van der Waals surface area contributed by atoms with Crippen LogP contribution < -0.4 is 29.3 Å². The minimum atomic E-state index is -4.75. The highest BCUT2D eigenvalue weighted by Crippen LogP contribution is 2.44. The number of hydrogen-bond donors (Lipinski definition) is 3. The smallest absolute Gasteiger partial charge is 0.275 e.